The first-order valence-corrected chi connectivity index (χ1v) is 12.3. The maximum atomic E-state index is 14.1. The lowest BCUT2D eigenvalue weighted by molar-refractivity contribution is -0.126. The van der Waals surface area contributed by atoms with Gasteiger partial charge in [0.25, 0.3) is 5.91 Å². The SMILES string of the molecule is COc1ccc(-c2cc3n(n2)C[C@@](C)(C(=O)NCc2ccccc2)N(c2cccc(C)c2C)C3=O)cc1. The third-order valence-corrected chi connectivity index (χ3v) is 7.14. The van der Waals surface area contributed by atoms with Gasteiger partial charge in [0.05, 0.1) is 19.3 Å². The van der Waals surface area contributed by atoms with Crippen LogP contribution in [0.25, 0.3) is 11.3 Å². The summed E-state index contributed by atoms with van der Waals surface area (Å²) in [6.07, 6.45) is 0. The number of fused-ring (bicyclic) bond motifs is 1. The number of carbonyl (C=O) groups excluding carboxylic acids is 2. The number of aryl methyl sites for hydroxylation is 1. The molecule has 0 bridgehead atoms. The van der Waals surface area contributed by atoms with E-state index in [1.165, 1.54) is 0 Å². The normalized spacial score (nSPS) is 16.9. The summed E-state index contributed by atoms with van der Waals surface area (Å²) in [5.41, 5.74) is 4.50. The Bertz CT molecular complexity index is 1460. The zero-order chi connectivity index (χ0) is 26.2. The number of hydrogen-bond acceptors (Lipinski definition) is 4. The second kappa shape index (κ2) is 9.58. The van der Waals surface area contributed by atoms with Gasteiger partial charge in [0.1, 0.15) is 17.0 Å². The van der Waals surface area contributed by atoms with E-state index < -0.39 is 5.54 Å². The minimum absolute atomic E-state index is 0.220. The molecule has 0 aliphatic carbocycles. The number of rotatable bonds is 6. The molecule has 7 heteroatoms. The molecular weight excluding hydrogens is 464 g/mol. The molecule has 0 spiro atoms. The number of aromatic nitrogens is 2. The minimum Gasteiger partial charge on any atom is -0.497 e. The van der Waals surface area contributed by atoms with Crippen molar-refractivity contribution in [1.29, 1.82) is 0 Å². The Labute approximate surface area is 216 Å². The fourth-order valence-electron chi connectivity index (χ4n) is 4.81. The maximum Gasteiger partial charge on any atom is 0.277 e. The van der Waals surface area contributed by atoms with Crippen molar-refractivity contribution < 1.29 is 14.3 Å². The number of hydrogen-bond donors (Lipinski definition) is 1. The molecule has 1 aliphatic rings. The molecule has 0 unspecified atom stereocenters. The highest BCUT2D eigenvalue weighted by atomic mass is 16.5. The summed E-state index contributed by atoms with van der Waals surface area (Å²) < 4.78 is 6.92. The van der Waals surface area contributed by atoms with Gasteiger partial charge in [-0.05, 0) is 73.9 Å². The lowest BCUT2D eigenvalue weighted by Crippen LogP contribution is -2.64. The number of carbonyl (C=O) groups is 2. The van der Waals surface area contributed by atoms with Gasteiger partial charge in [-0.1, -0.05) is 42.5 Å². The van der Waals surface area contributed by atoms with E-state index >= 15 is 0 Å². The Hall–Kier alpha value is -4.39. The summed E-state index contributed by atoms with van der Waals surface area (Å²) in [5.74, 6) is 0.245. The topological polar surface area (TPSA) is 76.5 Å². The molecule has 1 aromatic heterocycles. The Morgan fingerprint density at radius 2 is 1.76 bits per heavy atom. The van der Waals surface area contributed by atoms with Crippen LogP contribution in [0, 0.1) is 13.8 Å². The molecular formula is C30H30N4O3. The summed E-state index contributed by atoms with van der Waals surface area (Å²) in [6, 6.07) is 24.9. The zero-order valence-corrected chi connectivity index (χ0v) is 21.5. The molecule has 2 amide bonds. The highest BCUT2D eigenvalue weighted by molar-refractivity contribution is 6.12. The van der Waals surface area contributed by atoms with Crippen molar-refractivity contribution in [3.8, 4) is 17.0 Å². The summed E-state index contributed by atoms with van der Waals surface area (Å²) in [7, 11) is 1.62. The standard InChI is InChI=1S/C30H30N4O3/c1-20-9-8-12-26(21(20)2)34-28(35)27-17-25(23-13-15-24(37-4)16-14-23)32-33(27)19-30(34,3)29(36)31-18-22-10-6-5-7-11-22/h5-17H,18-19H2,1-4H3,(H,31,36)/t30-/m0/s1. The van der Waals surface area contributed by atoms with Crippen LogP contribution in [0.15, 0.2) is 78.9 Å². The molecule has 37 heavy (non-hydrogen) atoms. The molecule has 0 saturated carbocycles. The molecule has 1 aliphatic heterocycles. The molecule has 2 heterocycles. The second-order valence-corrected chi connectivity index (χ2v) is 9.60. The molecule has 7 nitrogen and oxygen atoms in total. The van der Waals surface area contributed by atoms with Gasteiger partial charge >= 0.3 is 0 Å². The number of nitrogens with one attached hydrogen (secondary N) is 1. The van der Waals surface area contributed by atoms with E-state index in [0.29, 0.717) is 17.9 Å². The smallest absolute Gasteiger partial charge is 0.277 e. The first-order valence-electron chi connectivity index (χ1n) is 12.3. The molecule has 1 atom stereocenters. The molecule has 0 radical (unpaired) electrons. The largest absolute Gasteiger partial charge is 0.497 e. The fourth-order valence-corrected chi connectivity index (χ4v) is 4.81. The van der Waals surface area contributed by atoms with E-state index in [-0.39, 0.29) is 18.4 Å². The van der Waals surface area contributed by atoms with Crippen LogP contribution >= 0.6 is 0 Å². The minimum atomic E-state index is -1.19. The van der Waals surface area contributed by atoms with Crippen molar-refractivity contribution in [1.82, 2.24) is 15.1 Å². The third kappa shape index (κ3) is 4.37. The first-order chi connectivity index (χ1) is 17.8. The number of methoxy groups -OCH3 is 1. The molecule has 5 rings (SSSR count). The fraction of sp³-hybridized carbons (Fsp3) is 0.233. The Morgan fingerprint density at radius 1 is 1.03 bits per heavy atom. The van der Waals surface area contributed by atoms with Gasteiger partial charge < -0.3 is 10.1 Å². The average Bonchev–Trinajstić information content (AvgIpc) is 3.34. The molecule has 0 fully saturated rings. The van der Waals surface area contributed by atoms with Gasteiger partial charge in [0, 0.05) is 17.8 Å². The van der Waals surface area contributed by atoms with E-state index in [9.17, 15) is 9.59 Å². The quantitative estimate of drug-likeness (QED) is 0.413. The Kier molecular flexibility index (Phi) is 6.29. The lowest BCUT2D eigenvalue weighted by Gasteiger charge is -2.43. The number of nitrogens with zero attached hydrogens (tertiary/aromatic N) is 3. The van der Waals surface area contributed by atoms with Crippen LogP contribution in [-0.2, 0) is 17.9 Å². The van der Waals surface area contributed by atoms with Gasteiger partial charge in [0.15, 0.2) is 0 Å². The van der Waals surface area contributed by atoms with Crippen LogP contribution in [0.5, 0.6) is 5.75 Å². The predicted molar refractivity (Wildman–Crippen MR) is 144 cm³/mol. The van der Waals surface area contributed by atoms with Crippen molar-refractivity contribution in [3.63, 3.8) is 0 Å². The van der Waals surface area contributed by atoms with Crippen molar-refractivity contribution in [2.75, 3.05) is 12.0 Å². The van der Waals surface area contributed by atoms with Gasteiger partial charge in [-0.15, -0.1) is 0 Å². The monoisotopic (exact) mass is 494 g/mol. The second-order valence-electron chi connectivity index (χ2n) is 9.60. The van der Waals surface area contributed by atoms with E-state index in [1.807, 2.05) is 93.6 Å². The Balaban J connectivity index is 1.56. The average molecular weight is 495 g/mol. The number of benzene rings is 3. The lowest BCUT2D eigenvalue weighted by atomic mass is 9.92. The molecule has 0 saturated heterocycles. The van der Waals surface area contributed by atoms with Crippen molar-refractivity contribution in [3.05, 3.63) is 101 Å². The zero-order valence-electron chi connectivity index (χ0n) is 21.5. The van der Waals surface area contributed by atoms with E-state index in [0.717, 1.165) is 33.7 Å². The summed E-state index contributed by atoms with van der Waals surface area (Å²) in [4.78, 5) is 29.5. The van der Waals surface area contributed by atoms with Crippen LogP contribution in [0.3, 0.4) is 0 Å². The van der Waals surface area contributed by atoms with Crippen LogP contribution in [0.2, 0.25) is 0 Å². The maximum absolute atomic E-state index is 14.1. The van der Waals surface area contributed by atoms with Crippen LogP contribution < -0.4 is 15.0 Å². The highest BCUT2D eigenvalue weighted by Gasteiger charge is 2.49. The van der Waals surface area contributed by atoms with Crippen LogP contribution in [0.4, 0.5) is 5.69 Å². The predicted octanol–water partition coefficient (Wildman–Crippen LogP) is 4.91. The van der Waals surface area contributed by atoms with E-state index in [4.69, 9.17) is 9.84 Å². The van der Waals surface area contributed by atoms with Crippen molar-refractivity contribution >= 4 is 17.5 Å². The first kappa shape index (κ1) is 24.3. The molecule has 3 aromatic carbocycles. The number of ether oxygens (including phenoxy) is 1. The highest BCUT2D eigenvalue weighted by Crippen LogP contribution is 2.36. The molecule has 4 aromatic rings. The third-order valence-electron chi connectivity index (χ3n) is 7.14. The van der Waals surface area contributed by atoms with Crippen molar-refractivity contribution in [2.24, 2.45) is 0 Å². The number of anilines is 1. The molecule has 1 N–H and O–H groups in total. The van der Waals surface area contributed by atoms with Gasteiger partial charge in [0.2, 0.25) is 5.91 Å². The Morgan fingerprint density at radius 3 is 2.46 bits per heavy atom. The van der Waals surface area contributed by atoms with E-state index in [1.54, 1.807) is 22.8 Å². The van der Waals surface area contributed by atoms with Gasteiger partial charge in [-0.3, -0.25) is 19.2 Å². The van der Waals surface area contributed by atoms with Crippen molar-refractivity contribution in [2.45, 2.75) is 39.4 Å². The van der Waals surface area contributed by atoms with E-state index in [2.05, 4.69) is 5.32 Å². The van der Waals surface area contributed by atoms with Gasteiger partial charge in [-0.2, -0.15) is 5.10 Å². The molecule has 188 valence electrons. The summed E-state index contributed by atoms with van der Waals surface area (Å²) >= 11 is 0. The summed E-state index contributed by atoms with van der Waals surface area (Å²) in [5, 5.41) is 7.80. The number of amides is 2. The van der Waals surface area contributed by atoms with Gasteiger partial charge in [-0.25, -0.2) is 0 Å². The van der Waals surface area contributed by atoms with Crippen LogP contribution in [0.1, 0.15) is 34.1 Å². The summed E-state index contributed by atoms with van der Waals surface area (Å²) in [6.45, 7) is 6.39. The van der Waals surface area contributed by atoms with Crippen LogP contribution in [-0.4, -0.2) is 34.2 Å².